The number of carboxylic acid groups (broad SMARTS) is 1. The molecule has 0 radical (unpaired) electrons. The molecule has 1 aromatic heterocycles. The van der Waals surface area contributed by atoms with Crippen molar-refractivity contribution in [1.29, 1.82) is 0 Å². The Balaban J connectivity index is 1.75. The molecule has 0 unspecified atom stereocenters. The molecular weight excluding hydrogens is 384 g/mol. The van der Waals surface area contributed by atoms with Crippen LogP contribution in [0.25, 0.3) is 0 Å². The molecule has 1 atom stereocenters. The second kappa shape index (κ2) is 8.93. The van der Waals surface area contributed by atoms with Crippen LogP contribution >= 0.6 is 11.6 Å². The van der Waals surface area contributed by atoms with Crippen LogP contribution in [0.4, 0.5) is 5.69 Å². The van der Waals surface area contributed by atoms with Gasteiger partial charge in [-0.3, -0.25) is 14.6 Å². The van der Waals surface area contributed by atoms with Gasteiger partial charge in [-0.05, 0) is 38.0 Å². The molecule has 28 heavy (non-hydrogen) atoms. The molecule has 7 nitrogen and oxygen atoms in total. The summed E-state index contributed by atoms with van der Waals surface area (Å²) in [7, 11) is 0. The topological polar surface area (TPSA) is 89.0 Å². The van der Waals surface area contributed by atoms with Gasteiger partial charge in [0.15, 0.2) is 6.61 Å². The lowest BCUT2D eigenvalue weighted by atomic mass is 10.1. The Morgan fingerprint density at radius 1 is 1.39 bits per heavy atom. The molecule has 0 aliphatic carbocycles. The molecule has 0 saturated carbocycles. The number of carbonyl (C=O) groups excluding carboxylic acids is 1. The predicted octanol–water partition coefficient (Wildman–Crippen LogP) is 3.86. The summed E-state index contributed by atoms with van der Waals surface area (Å²) in [6, 6.07) is 8.90. The monoisotopic (exact) mass is 404 g/mol. The van der Waals surface area contributed by atoms with Crippen molar-refractivity contribution in [3.63, 3.8) is 0 Å². The number of carbonyl (C=O) groups is 2. The highest BCUT2D eigenvalue weighted by molar-refractivity contribution is 6.32. The Kier molecular flexibility index (Phi) is 6.36. The number of halogens is 1. The van der Waals surface area contributed by atoms with E-state index in [0.29, 0.717) is 41.6 Å². The van der Waals surface area contributed by atoms with Crippen molar-refractivity contribution in [2.45, 2.75) is 32.3 Å². The largest absolute Gasteiger partial charge is 0.483 e. The van der Waals surface area contributed by atoms with E-state index >= 15 is 0 Å². The van der Waals surface area contributed by atoms with Gasteiger partial charge in [-0.25, -0.2) is 0 Å². The quantitative estimate of drug-likeness (QED) is 0.672. The molecule has 1 aliphatic rings. The van der Waals surface area contributed by atoms with E-state index in [1.54, 1.807) is 23.2 Å². The Morgan fingerprint density at radius 3 is 2.93 bits per heavy atom. The molecule has 2 heterocycles. The van der Waals surface area contributed by atoms with Gasteiger partial charge in [0.2, 0.25) is 0 Å². The van der Waals surface area contributed by atoms with Crippen molar-refractivity contribution < 1.29 is 24.2 Å². The summed E-state index contributed by atoms with van der Waals surface area (Å²) in [6.07, 6.45) is 2.52. The molecule has 2 aromatic rings. The lowest BCUT2D eigenvalue weighted by molar-refractivity contribution is -0.137. The van der Waals surface area contributed by atoms with E-state index in [1.165, 1.54) is 0 Å². The molecule has 1 amide bonds. The zero-order chi connectivity index (χ0) is 20.1. The molecular formula is C20H21ClN2O5. The zero-order valence-corrected chi connectivity index (χ0v) is 16.2. The molecule has 1 N–H and O–H groups in total. The van der Waals surface area contributed by atoms with E-state index in [-0.39, 0.29) is 25.0 Å². The first-order valence-corrected chi connectivity index (χ1v) is 9.39. The van der Waals surface area contributed by atoms with E-state index < -0.39 is 5.97 Å². The van der Waals surface area contributed by atoms with Crippen molar-refractivity contribution in [2.24, 2.45) is 0 Å². The van der Waals surface area contributed by atoms with E-state index in [4.69, 9.17) is 26.2 Å². The number of hydrogen-bond donors (Lipinski definition) is 1. The van der Waals surface area contributed by atoms with Gasteiger partial charge in [0.25, 0.3) is 5.91 Å². The third-order valence-corrected chi connectivity index (χ3v) is 4.68. The number of anilines is 1. The van der Waals surface area contributed by atoms with Gasteiger partial charge >= 0.3 is 5.97 Å². The predicted molar refractivity (Wildman–Crippen MR) is 104 cm³/mol. The Bertz CT molecular complexity index is 859. The van der Waals surface area contributed by atoms with Gasteiger partial charge in [0, 0.05) is 25.2 Å². The normalized spacial score (nSPS) is 14.2. The Hall–Kier alpha value is -2.80. The summed E-state index contributed by atoms with van der Waals surface area (Å²) in [6.45, 7) is 2.20. The molecule has 1 aromatic carbocycles. The lowest BCUT2D eigenvalue weighted by Gasteiger charge is -2.30. The summed E-state index contributed by atoms with van der Waals surface area (Å²) in [5.74, 6) is -0.0841. The van der Waals surface area contributed by atoms with E-state index in [2.05, 4.69) is 4.98 Å². The first-order valence-electron chi connectivity index (χ1n) is 9.02. The van der Waals surface area contributed by atoms with Crippen LogP contribution in [0.1, 0.15) is 38.0 Å². The third-order valence-electron chi connectivity index (χ3n) is 4.39. The van der Waals surface area contributed by atoms with E-state index in [1.807, 2.05) is 25.1 Å². The maximum absolute atomic E-state index is 12.2. The lowest BCUT2D eigenvalue weighted by Crippen LogP contribution is -2.39. The van der Waals surface area contributed by atoms with Crippen LogP contribution in [0.2, 0.25) is 5.02 Å². The van der Waals surface area contributed by atoms with Gasteiger partial charge < -0.3 is 19.5 Å². The summed E-state index contributed by atoms with van der Waals surface area (Å²) in [4.78, 5) is 28.8. The molecule has 0 saturated heterocycles. The fraction of sp³-hybridized carbons (Fsp3) is 0.350. The number of nitrogens with zero attached hydrogens (tertiary/aromatic N) is 2. The highest BCUT2D eigenvalue weighted by atomic mass is 35.5. The van der Waals surface area contributed by atoms with Gasteiger partial charge in [-0.1, -0.05) is 17.7 Å². The van der Waals surface area contributed by atoms with Crippen LogP contribution in [0.15, 0.2) is 36.5 Å². The van der Waals surface area contributed by atoms with Crippen molar-refractivity contribution in [1.82, 2.24) is 4.98 Å². The van der Waals surface area contributed by atoms with Crippen molar-refractivity contribution in [3.8, 4) is 11.5 Å². The fourth-order valence-corrected chi connectivity index (χ4v) is 3.15. The minimum absolute atomic E-state index is 0.0737. The van der Waals surface area contributed by atoms with E-state index in [0.717, 1.165) is 5.69 Å². The number of ether oxygens (including phenoxy) is 2. The second-order valence-electron chi connectivity index (χ2n) is 6.45. The molecule has 3 rings (SSSR count). The first kappa shape index (κ1) is 19.9. The standard InChI is InChI=1S/C20H21ClN2O5/c1-13(15-6-2-4-8-22-15)28-17-11-18-16(10-14(17)21)23(19(24)12-27-18)9-5-3-7-20(25)26/h2,4,6,8,10-11,13H,3,5,7,9,12H2,1H3,(H,25,26)/t13-/m1/s1. The molecule has 8 heteroatoms. The average Bonchev–Trinajstić information content (AvgIpc) is 2.68. The number of fused-ring (bicyclic) bond motifs is 1. The van der Waals surface area contributed by atoms with Crippen molar-refractivity contribution >= 4 is 29.2 Å². The van der Waals surface area contributed by atoms with Crippen LogP contribution in [-0.2, 0) is 9.59 Å². The van der Waals surface area contributed by atoms with Crippen LogP contribution in [0.5, 0.6) is 11.5 Å². The highest BCUT2D eigenvalue weighted by Gasteiger charge is 2.27. The summed E-state index contributed by atoms with van der Waals surface area (Å²) < 4.78 is 11.5. The fourth-order valence-electron chi connectivity index (χ4n) is 2.95. The van der Waals surface area contributed by atoms with Crippen LogP contribution in [-0.4, -0.2) is 35.1 Å². The van der Waals surface area contributed by atoms with Crippen LogP contribution in [0, 0.1) is 0 Å². The number of pyridine rings is 1. The van der Waals surface area contributed by atoms with E-state index in [9.17, 15) is 9.59 Å². The third kappa shape index (κ3) is 4.72. The first-order chi connectivity index (χ1) is 13.5. The number of aromatic nitrogens is 1. The molecule has 0 fully saturated rings. The van der Waals surface area contributed by atoms with Gasteiger partial charge in [0.1, 0.15) is 17.6 Å². The average molecular weight is 405 g/mol. The Morgan fingerprint density at radius 2 is 2.21 bits per heavy atom. The molecule has 0 bridgehead atoms. The van der Waals surface area contributed by atoms with Crippen LogP contribution < -0.4 is 14.4 Å². The number of hydrogen-bond acceptors (Lipinski definition) is 5. The van der Waals surface area contributed by atoms with Crippen molar-refractivity contribution in [3.05, 3.63) is 47.2 Å². The van der Waals surface area contributed by atoms with Gasteiger partial charge in [-0.2, -0.15) is 0 Å². The molecule has 148 valence electrons. The number of rotatable bonds is 8. The van der Waals surface area contributed by atoms with Gasteiger partial charge in [0.05, 0.1) is 16.4 Å². The number of aliphatic carboxylic acids is 1. The maximum atomic E-state index is 12.2. The number of amides is 1. The van der Waals surface area contributed by atoms with Crippen LogP contribution in [0.3, 0.4) is 0 Å². The van der Waals surface area contributed by atoms with Crippen molar-refractivity contribution in [2.75, 3.05) is 18.1 Å². The number of unbranched alkanes of at least 4 members (excludes halogenated alkanes) is 1. The zero-order valence-electron chi connectivity index (χ0n) is 15.4. The smallest absolute Gasteiger partial charge is 0.303 e. The van der Waals surface area contributed by atoms with Gasteiger partial charge in [-0.15, -0.1) is 0 Å². The SMILES string of the molecule is C[C@@H](Oc1cc2c(cc1Cl)N(CCCCC(=O)O)C(=O)CO2)c1ccccn1. The summed E-state index contributed by atoms with van der Waals surface area (Å²) >= 11 is 6.39. The minimum atomic E-state index is -0.847. The Labute approximate surface area is 167 Å². The minimum Gasteiger partial charge on any atom is -0.483 e. The molecule has 1 aliphatic heterocycles. The maximum Gasteiger partial charge on any atom is 0.303 e. The number of carboxylic acids is 1. The highest BCUT2D eigenvalue weighted by Crippen LogP contribution is 2.41. The summed E-state index contributed by atoms with van der Waals surface area (Å²) in [5.41, 5.74) is 1.34. The second-order valence-corrected chi connectivity index (χ2v) is 6.86. The summed E-state index contributed by atoms with van der Waals surface area (Å²) in [5, 5.41) is 9.10. The number of benzene rings is 1. The molecule has 0 spiro atoms.